The van der Waals surface area contributed by atoms with Gasteiger partial charge in [0.15, 0.2) is 0 Å². The summed E-state index contributed by atoms with van der Waals surface area (Å²) in [6.07, 6.45) is -3.39. The van der Waals surface area contributed by atoms with Crippen molar-refractivity contribution in [2.45, 2.75) is 31.0 Å². The van der Waals surface area contributed by atoms with Crippen LogP contribution in [0.2, 0.25) is 0 Å². The van der Waals surface area contributed by atoms with Crippen LogP contribution >= 0.6 is 0 Å². The SMILES string of the molecule is Cc1c(C(C)NS(=O)(=O)c2cc(C(F)(F)F)ccc2C(=O)O)cnn1-c1ccccc1. The Hall–Kier alpha value is -3.18. The third-order valence-electron chi connectivity index (χ3n) is 4.68. The van der Waals surface area contributed by atoms with E-state index in [0.717, 1.165) is 5.69 Å². The van der Waals surface area contributed by atoms with Crippen molar-refractivity contribution < 1.29 is 31.5 Å². The minimum atomic E-state index is -4.83. The molecule has 0 aliphatic rings. The average Bonchev–Trinajstić information content (AvgIpc) is 3.08. The van der Waals surface area contributed by atoms with Crippen LogP contribution in [0.25, 0.3) is 5.69 Å². The van der Waals surface area contributed by atoms with Crippen LogP contribution in [-0.2, 0) is 16.2 Å². The van der Waals surface area contributed by atoms with E-state index in [9.17, 15) is 31.5 Å². The predicted molar refractivity (Wildman–Crippen MR) is 105 cm³/mol. The second-order valence-corrected chi connectivity index (χ2v) is 8.47. The highest BCUT2D eigenvalue weighted by Crippen LogP contribution is 2.32. The third-order valence-corrected chi connectivity index (χ3v) is 6.26. The first-order valence-corrected chi connectivity index (χ1v) is 10.5. The first kappa shape index (κ1) is 22.5. The van der Waals surface area contributed by atoms with Crippen molar-refractivity contribution in [1.82, 2.24) is 14.5 Å². The number of nitrogens with one attached hydrogen (secondary N) is 1. The van der Waals surface area contributed by atoms with E-state index in [2.05, 4.69) is 9.82 Å². The van der Waals surface area contributed by atoms with E-state index in [0.29, 0.717) is 29.5 Å². The first-order chi connectivity index (χ1) is 14.4. The van der Waals surface area contributed by atoms with Crippen molar-refractivity contribution in [3.8, 4) is 5.69 Å². The van der Waals surface area contributed by atoms with E-state index in [1.54, 1.807) is 23.7 Å². The van der Waals surface area contributed by atoms with E-state index in [1.165, 1.54) is 13.1 Å². The fraction of sp³-hybridized carbons (Fsp3) is 0.200. The minimum absolute atomic E-state index is 0.318. The number of benzene rings is 2. The number of hydrogen-bond acceptors (Lipinski definition) is 4. The largest absolute Gasteiger partial charge is 0.478 e. The van der Waals surface area contributed by atoms with Gasteiger partial charge in [-0.25, -0.2) is 22.6 Å². The lowest BCUT2D eigenvalue weighted by Gasteiger charge is -2.17. The molecule has 1 heterocycles. The number of carboxylic acid groups (broad SMARTS) is 1. The Bertz CT molecular complexity index is 1220. The Morgan fingerprint density at radius 2 is 1.81 bits per heavy atom. The second-order valence-electron chi connectivity index (χ2n) is 6.79. The summed E-state index contributed by atoms with van der Waals surface area (Å²) in [5, 5.41) is 13.5. The van der Waals surface area contributed by atoms with Crippen molar-refractivity contribution in [1.29, 1.82) is 0 Å². The fourth-order valence-electron chi connectivity index (χ4n) is 3.13. The van der Waals surface area contributed by atoms with Crippen LogP contribution in [0.5, 0.6) is 0 Å². The zero-order valence-electron chi connectivity index (χ0n) is 16.4. The van der Waals surface area contributed by atoms with Crippen molar-refractivity contribution in [3.63, 3.8) is 0 Å². The number of para-hydroxylation sites is 1. The smallest absolute Gasteiger partial charge is 0.416 e. The molecular weight excluding hydrogens is 435 g/mol. The van der Waals surface area contributed by atoms with Gasteiger partial charge < -0.3 is 5.11 Å². The van der Waals surface area contributed by atoms with Crippen LogP contribution in [0.1, 0.15) is 40.1 Å². The van der Waals surface area contributed by atoms with Gasteiger partial charge in [0.05, 0.1) is 27.9 Å². The molecule has 0 radical (unpaired) electrons. The molecular formula is C20H18F3N3O4S. The van der Waals surface area contributed by atoms with E-state index >= 15 is 0 Å². The maximum absolute atomic E-state index is 13.1. The molecule has 0 aliphatic heterocycles. The lowest BCUT2D eigenvalue weighted by atomic mass is 10.1. The van der Waals surface area contributed by atoms with E-state index in [1.807, 2.05) is 18.2 Å². The highest BCUT2D eigenvalue weighted by molar-refractivity contribution is 7.89. The molecule has 0 aliphatic carbocycles. The summed E-state index contributed by atoms with van der Waals surface area (Å²) in [5.41, 5.74) is -0.185. The molecule has 2 aromatic carbocycles. The summed E-state index contributed by atoms with van der Waals surface area (Å²) in [5.74, 6) is -1.66. The molecule has 164 valence electrons. The highest BCUT2D eigenvalue weighted by atomic mass is 32.2. The second kappa shape index (κ2) is 8.16. The number of aromatic nitrogens is 2. The van der Waals surface area contributed by atoms with E-state index in [-0.39, 0.29) is 0 Å². The molecule has 3 aromatic rings. The van der Waals surface area contributed by atoms with Gasteiger partial charge in [-0.1, -0.05) is 18.2 Å². The zero-order valence-corrected chi connectivity index (χ0v) is 17.2. The lowest BCUT2D eigenvalue weighted by Crippen LogP contribution is -2.29. The monoisotopic (exact) mass is 453 g/mol. The van der Waals surface area contributed by atoms with Gasteiger partial charge in [-0.3, -0.25) is 0 Å². The van der Waals surface area contributed by atoms with Crippen LogP contribution in [0.3, 0.4) is 0 Å². The number of carboxylic acids is 1. The van der Waals surface area contributed by atoms with Crippen molar-refractivity contribution in [2.75, 3.05) is 0 Å². The molecule has 31 heavy (non-hydrogen) atoms. The quantitative estimate of drug-likeness (QED) is 0.589. The Kier molecular flexibility index (Phi) is 5.92. The topological polar surface area (TPSA) is 101 Å². The van der Waals surface area contributed by atoms with Gasteiger partial charge in [0.25, 0.3) is 0 Å². The lowest BCUT2D eigenvalue weighted by molar-refractivity contribution is -0.137. The number of carbonyl (C=O) groups is 1. The summed E-state index contributed by atoms with van der Waals surface area (Å²) in [6.45, 7) is 3.21. The van der Waals surface area contributed by atoms with Crippen LogP contribution < -0.4 is 4.72 Å². The summed E-state index contributed by atoms with van der Waals surface area (Å²) in [4.78, 5) is 10.4. The van der Waals surface area contributed by atoms with E-state index in [4.69, 9.17) is 0 Å². The molecule has 2 N–H and O–H groups in total. The summed E-state index contributed by atoms with van der Waals surface area (Å²) in [6, 6.07) is 9.64. The number of halogens is 3. The molecule has 7 nitrogen and oxygen atoms in total. The van der Waals surface area contributed by atoms with Gasteiger partial charge in [0.2, 0.25) is 10.0 Å². The predicted octanol–water partition coefficient (Wildman–Crippen LogP) is 3.94. The zero-order chi connectivity index (χ0) is 23.0. The van der Waals surface area contributed by atoms with Gasteiger partial charge in [0, 0.05) is 17.3 Å². The highest BCUT2D eigenvalue weighted by Gasteiger charge is 2.34. The fourth-order valence-corrected chi connectivity index (χ4v) is 4.58. The number of hydrogen-bond donors (Lipinski definition) is 2. The van der Waals surface area contributed by atoms with Gasteiger partial charge in [-0.05, 0) is 44.2 Å². The van der Waals surface area contributed by atoms with Crippen molar-refractivity contribution in [3.05, 3.63) is 77.1 Å². The molecule has 0 amide bonds. The first-order valence-electron chi connectivity index (χ1n) is 8.98. The van der Waals surface area contributed by atoms with Crippen LogP contribution in [-0.4, -0.2) is 29.3 Å². The molecule has 3 rings (SSSR count). The molecule has 0 spiro atoms. The third kappa shape index (κ3) is 4.62. The molecule has 0 saturated heterocycles. The number of aromatic carboxylic acids is 1. The number of sulfonamides is 1. The normalized spacial score (nSPS) is 13.2. The maximum Gasteiger partial charge on any atom is 0.416 e. The Morgan fingerprint density at radius 3 is 2.39 bits per heavy atom. The van der Waals surface area contributed by atoms with Crippen LogP contribution in [0.4, 0.5) is 13.2 Å². The Labute approximate surface area is 176 Å². The molecule has 11 heteroatoms. The van der Waals surface area contributed by atoms with Crippen molar-refractivity contribution >= 4 is 16.0 Å². The average molecular weight is 453 g/mol. The number of nitrogens with zero attached hydrogens (tertiary/aromatic N) is 2. The molecule has 0 fully saturated rings. The van der Waals surface area contributed by atoms with Gasteiger partial charge >= 0.3 is 12.1 Å². The molecule has 0 saturated carbocycles. The molecule has 0 bridgehead atoms. The van der Waals surface area contributed by atoms with Crippen LogP contribution in [0.15, 0.2) is 59.6 Å². The van der Waals surface area contributed by atoms with Gasteiger partial charge in [0.1, 0.15) is 0 Å². The Balaban J connectivity index is 1.98. The number of rotatable bonds is 6. The number of alkyl halides is 3. The summed E-state index contributed by atoms with van der Waals surface area (Å²) < 4.78 is 68.7. The van der Waals surface area contributed by atoms with E-state index < -0.39 is 44.2 Å². The maximum atomic E-state index is 13.1. The summed E-state index contributed by atoms with van der Waals surface area (Å²) >= 11 is 0. The standard InChI is InChI=1S/C20H18F3N3O4S/c1-12(17-11-24-26(13(17)2)15-6-4-3-5-7-15)25-31(29,30)18-10-14(20(21,22)23)8-9-16(18)19(27)28/h3-12,25H,1-2H3,(H,27,28). The molecule has 1 atom stereocenters. The van der Waals surface area contributed by atoms with Crippen molar-refractivity contribution in [2.24, 2.45) is 0 Å². The van der Waals surface area contributed by atoms with Gasteiger partial charge in [-0.2, -0.15) is 18.3 Å². The molecule has 1 aromatic heterocycles. The van der Waals surface area contributed by atoms with Crippen LogP contribution in [0, 0.1) is 6.92 Å². The Morgan fingerprint density at radius 1 is 1.16 bits per heavy atom. The minimum Gasteiger partial charge on any atom is -0.478 e. The van der Waals surface area contributed by atoms with Gasteiger partial charge in [-0.15, -0.1) is 0 Å². The molecule has 1 unspecified atom stereocenters. The summed E-state index contributed by atoms with van der Waals surface area (Å²) in [7, 11) is -4.61.